The molecule has 5 heteroatoms. The zero-order chi connectivity index (χ0) is 13.7. The molecule has 0 unspecified atom stereocenters. The number of fused-ring (bicyclic) bond motifs is 1. The molecular weight excluding hydrogens is 244 g/mol. The molecule has 0 aliphatic rings. The predicted octanol–water partition coefficient (Wildman–Crippen LogP) is 1.04. The fourth-order valence-corrected chi connectivity index (χ4v) is 2.42. The number of aryl methyl sites for hydroxylation is 2. The highest BCUT2D eigenvalue weighted by atomic mass is 28.3. The van der Waals surface area contributed by atoms with Crippen molar-refractivity contribution in [2.24, 2.45) is 0 Å². The number of hydrogen-bond donors (Lipinski definition) is 0. The number of nitrogens with zero attached hydrogens (tertiary/aromatic N) is 2. The first-order chi connectivity index (χ1) is 8.22. The molecule has 0 aliphatic heterocycles. The zero-order valence-electron chi connectivity index (χ0n) is 11.3. The number of hydrogen-bond acceptors (Lipinski definition) is 2. The lowest BCUT2D eigenvalue weighted by Gasteiger charge is -2.02. The Hall–Kier alpha value is -1.80. The Bertz CT molecular complexity index is 782. The molecule has 0 bridgehead atoms. The third-order valence-corrected chi connectivity index (χ3v) is 3.60. The van der Waals surface area contributed by atoms with E-state index in [9.17, 15) is 9.59 Å². The Labute approximate surface area is 106 Å². The molecular formula is C13H16N2O2Si. The first-order valence-electron chi connectivity index (χ1n) is 5.83. The van der Waals surface area contributed by atoms with Crippen LogP contribution in [-0.4, -0.2) is 17.1 Å². The van der Waals surface area contributed by atoms with Gasteiger partial charge in [-0.3, -0.25) is 14.1 Å². The minimum absolute atomic E-state index is 0.290. The summed E-state index contributed by atoms with van der Waals surface area (Å²) in [5.41, 5.74) is 4.51. The summed E-state index contributed by atoms with van der Waals surface area (Å²) < 4.78 is 2.79. The van der Waals surface area contributed by atoms with Crippen LogP contribution in [-0.2, 0) is 0 Å². The second kappa shape index (κ2) is 3.85. The Balaban J connectivity index is 2.82. The van der Waals surface area contributed by atoms with E-state index in [0.717, 1.165) is 15.9 Å². The summed E-state index contributed by atoms with van der Waals surface area (Å²) in [7, 11) is -1.54. The molecule has 0 aromatic carbocycles. The topological polar surface area (TPSA) is 43.0 Å². The Morgan fingerprint density at radius 3 is 2.22 bits per heavy atom. The van der Waals surface area contributed by atoms with Crippen molar-refractivity contribution in [2.45, 2.75) is 33.5 Å². The van der Waals surface area contributed by atoms with Gasteiger partial charge in [-0.05, 0) is 13.8 Å². The molecule has 0 radical (unpaired) electrons. The van der Waals surface area contributed by atoms with Crippen LogP contribution in [0.3, 0.4) is 0 Å². The molecule has 4 nitrogen and oxygen atoms in total. The molecule has 2 heterocycles. The molecule has 18 heavy (non-hydrogen) atoms. The average Bonchev–Trinajstić information content (AvgIpc) is 2.63. The summed E-state index contributed by atoms with van der Waals surface area (Å²) in [6, 6.07) is 1.46. The summed E-state index contributed by atoms with van der Waals surface area (Å²) >= 11 is 0. The number of rotatable bonds is 0. The van der Waals surface area contributed by atoms with E-state index in [1.165, 1.54) is 6.07 Å². The van der Waals surface area contributed by atoms with Crippen LogP contribution < -0.4 is 11.1 Å². The van der Waals surface area contributed by atoms with E-state index in [4.69, 9.17) is 0 Å². The van der Waals surface area contributed by atoms with E-state index in [1.807, 2.05) is 13.8 Å². The zero-order valence-corrected chi connectivity index (χ0v) is 12.3. The van der Waals surface area contributed by atoms with Gasteiger partial charge in [0.2, 0.25) is 0 Å². The molecule has 2 aromatic heterocycles. The van der Waals surface area contributed by atoms with Gasteiger partial charge in [0.25, 0.3) is 11.1 Å². The highest BCUT2D eigenvalue weighted by Crippen LogP contribution is 2.05. The third kappa shape index (κ3) is 1.89. The van der Waals surface area contributed by atoms with Crippen LogP contribution in [0.2, 0.25) is 19.6 Å². The standard InChI is InChI=1S/C13H16N2O2Si/c1-9-8-12(16)15-13(17)11(10(2)14(9)15)6-7-18(3,4)5/h8H,1-5H3. The lowest BCUT2D eigenvalue weighted by molar-refractivity contribution is 0.768. The van der Waals surface area contributed by atoms with Crippen LogP contribution in [0.5, 0.6) is 0 Å². The maximum absolute atomic E-state index is 12.2. The van der Waals surface area contributed by atoms with Crippen molar-refractivity contribution in [3.63, 3.8) is 0 Å². The highest BCUT2D eigenvalue weighted by Gasteiger charge is 2.16. The van der Waals surface area contributed by atoms with Gasteiger partial charge in [0.15, 0.2) is 0 Å². The fourth-order valence-electron chi connectivity index (χ4n) is 1.92. The van der Waals surface area contributed by atoms with Crippen molar-refractivity contribution >= 4 is 8.07 Å². The molecule has 94 valence electrons. The molecule has 0 saturated heterocycles. The van der Waals surface area contributed by atoms with Gasteiger partial charge in [0.05, 0.1) is 5.69 Å². The summed E-state index contributed by atoms with van der Waals surface area (Å²) in [5.74, 6) is 2.97. The minimum atomic E-state index is -1.54. The summed E-state index contributed by atoms with van der Waals surface area (Å²) in [4.78, 5) is 23.8. The van der Waals surface area contributed by atoms with E-state index < -0.39 is 8.07 Å². The summed E-state index contributed by atoms with van der Waals surface area (Å²) in [6.07, 6.45) is 0. The molecule has 2 aromatic rings. The molecule has 0 saturated carbocycles. The molecule has 0 fully saturated rings. The SMILES string of the molecule is Cc1cc(=O)n2c(=O)c(C#C[Si](C)(C)C)c(C)n12. The van der Waals surface area contributed by atoms with Crippen molar-refractivity contribution < 1.29 is 0 Å². The van der Waals surface area contributed by atoms with Gasteiger partial charge in [0, 0.05) is 11.8 Å². The second-order valence-electron chi connectivity index (χ2n) is 5.51. The normalized spacial score (nSPS) is 11.6. The van der Waals surface area contributed by atoms with Gasteiger partial charge >= 0.3 is 0 Å². The van der Waals surface area contributed by atoms with Crippen LogP contribution in [0.1, 0.15) is 17.0 Å². The van der Waals surface area contributed by atoms with Gasteiger partial charge in [-0.1, -0.05) is 25.6 Å². The largest absolute Gasteiger partial charge is 0.290 e. The lowest BCUT2D eigenvalue weighted by atomic mass is 10.3. The minimum Gasteiger partial charge on any atom is -0.267 e. The summed E-state index contributed by atoms with van der Waals surface area (Å²) in [5, 5.41) is 0. The molecule has 0 aliphatic carbocycles. The van der Waals surface area contributed by atoms with Crippen molar-refractivity contribution in [2.75, 3.05) is 0 Å². The van der Waals surface area contributed by atoms with E-state index in [-0.39, 0.29) is 11.1 Å². The number of aromatic nitrogens is 2. The van der Waals surface area contributed by atoms with Crippen LogP contribution in [0, 0.1) is 25.3 Å². The predicted molar refractivity (Wildman–Crippen MR) is 74.3 cm³/mol. The van der Waals surface area contributed by atoms with E-state index in [0.29, 0.717) is 5.56 Å². The van der Waals surface area contributed by atoms with Gasteiger partial charge in [-0.2, -0.15) is 4.52 Å². The van der Waals surface area contributed by atoms with Gasteiger partial charge in [-0.15, -0.1) is 5.54 Å². The van der Waals surface area contributed by atoms with Crippen molar-refractivity contribution in [1.29, 1.82) is 0 Å². The Kier molecular flexibility index (Phi) is 2.71. The van der Waals surface area contributed by atoms with Gasteiger partial charge in [0.1, 0.15) is 13.6 Å². The van der Waals surface area contributed by atoms with E-state index in [1.54, 1.807) is 4.52 Å². The van der Waals surface area contributed by atoms with E-state index in [2.05, 4.69) is 31.1 Å². The molecule has 0 spiro atoms. The van der Waals surface area contributed by atoms with Crippen LogP contribution >= 0.6 is 0 Å². The molecule has 0 N–H and O–H groups in total. The first-order valence-corrected chi connectivity index (χ1v) is 9.33. The van der Waals surface area contributed by atoms with Crippen LogP contribution in [0.4, 0.5) is 0 Å². The molecule has 0 atom stereocenters. The fraction of sp³-hybridized carbons (Fsp3) is 0.385. The maximum Gasteiger partial charge on any atom is 0.290 e. The molecule has 0 amide bonds. The summed E-state index contributed by atoms with van der Waals surface area (Å²) in [6.45, 7) is 9.98. The van der Waals surface area contributed by atoms with Crippen LogP contribution in [0.25, 0.3) is 0 Å². The monoisotopic (exact) mass is 260 g/mol. The molecule has 2 rings (SSSR count). The van der Waals surface area contributed by atoms with Crippen molar-refractivity contribution in [3.05, 3.63) is 43.7 Å². The van der Waals surface area contributed by atoms with Gasteiger partial charge < -0.3 is 0 Å². The Morgan fingerprint density at radius 1 is 1.11 bits per heavy atom. The van der Waals surface area contributed by atoms with Crippen molar-refractivity contribution in [1.82, 2.24) is 9.03 Å². The maximum atomic E-state index is 12.2. The van der Waals surface area contributed by atoms with Crippen molar-refractivity contribution in [3.8, 4) is 11.5 Å². The van der Waals surface area contributed by atoms with E-state index >= 15 is 0 Å². The highest BCUT2D eigenvalue weighted by molar-refractivity contribution is 6.83. The third-order valence-electron chi connectivity index (χ3n) is 2.72. The quantitative estimate of drug-likeness (QED) is 0.525. The van der Waals surface area contributed by atoms with Gasteiger partial charge in [-0.25, -0.2) is 0 Å². The second-order valence-corrected chi connectivity index (χ2v) is 10.3. The first kappa shape index (κ1) is 12.6. The average molecular weight is 260 g/mol. The Morgan fingerprint density at radius 2 is 1.72 bits per heavy atom. The van der Waals surface area contributed by atoms with Crippen LogP contribution in [0.15, 0.2) is 15.7 Å². The lowest BCUT2D eigenvalue weighted by Crippen LogP contribution is -2.22. The smallest absolute Gasteiger partial charge is 0.267 e.